The lowest BCUT2D eigenvalue weighted by atomic mass is 9.89. The molecule has 3 rings (SSSR count). The van der Waals surface area contributed by atoms with Gasteiger partial charge in [0.05, 0.1) is 12.2 Å². The van der Waals surface area contributed by atoms with Gasteiger partial charge in [0.1, 0.15) is 5.75 Å². The van der Waals surface area contributed by atoms with Crippen LogP contribution in [0.1, 0.15) is 30.0 Å². The first-order chi connectivity index (χ1) is 9.65. The lowest BCUT2D eigenvalue weighted by molar-refractivity contribution is 0.0480. The van der Waals surface area contributed by atoms with Crippen LogP contribution in [0.15, 0.2) is 48.5 Å². The molecule has 1 aliphatic rings. The Hall–Kier alpha value is -1.80. The molecule has 0 saturated carbocycles. The zero-order valence-electron chi connectivity index (χ0n) is 11.8. The summed E-state index contributed by atoms with van der Waals surface area (Å²) in [5.74, 6) is 1.02. The van der Waals surface area contributed by atoms with Crippen LogP contribution >= 0.6 is 0 Å². The molecule has 20 heavy (non-hydrogen) atoms. The van der Waals surface area contributed by atoms with E-state index in [2.05, 4.69) is 18.2 Å². The van der Waals surface area contributed by atoms with E-state index in [0.29, 0.717) is 0 Å². The van der Waals surface area contributed by atoms with Crippen LogP contribution in [0.25, 0.3) is 0 Å². The second kappa shape index (κ2) is 5.29. The van der Waals surface area contributed by atoms with E-state index in [-0.39, 0.29) is 0 Å². The van der Waals surface area contributed by atoms with Gasteiger partial charge in [-0.15, -0.1) is 0 Å². The third kappa shape index (κ3) is 2.70. The molecule has 104 valence electrons. The third-order valence-corrected chi connectivity index (χ3v) is 4.05. The molecule has 0 bridgehead atoms. The molecule has 0 aromatic heterocycles. The fourth-order valence-corrected chi connectivity index (χ4v) is 2.72. The summed E-state index contributed by atoms with van der Waals surface area (Å²) in [5, 5.41) is 10.6. The summed E-state index contributed by atoms with van der Waals surface area (Å²) < 4.78 is 5.52. The van der Waals surface area contributed by atoms with E-state index in [9.17, 15) is 5.11 Å². The van der Waals surface area contributed by atoms with Gasteiger partial charge in [-0.05, 0) is 42.5 Å². The Morgan fingerprint density at radius 1 is 1.15 bits per heavy atom. The summed E-state index contributed by atoms with van der Waals surface area (Å²) in [6.07, 6.45) is 2.59. The van der Waals surface area contributed by atoms with Crippen molar-refractivity contribution in [3.63, 3.8) is 0 Å². The fraction of sp³-hybridized carbons (Fsp3) is 0.333. The molecular weight excluding hydrogens is 248 g/mol. The van der Waals surface area contributed by atoms with Crippen molar-refractivity contribution >= 4 is 0 Å². The van der Waals surface area contributed by atoms with Crippen LogP contribution in [-0.2, 0) is 18.4 Å². The molecule has 2 aromatic carbocycles. The third-order valence-electron chi connectivity index (χ3n) is 4.05. The van der Waals surface area contributed by atoms with Gasteiger partial charge in [0.15, 0.2) is 0 Å². The molecule has 2 heteroatoms. The largest absolute Gasteiger partial charge is 0.493 e. The lowest BCUT2D eigenvalue weighted by Crippen LogP contribution is -2.21. The highest BCUT2D eigenvalue weighted by Gasteiger charge is 2.22. The minimum absolute atomic E-state index is 0.719. The summed E-state index contributed by atoms with van der Waals surface area (Å²) >= 11 is 0. The highest BCUT2D eigenvalue weighted by atomic mass is 16.5. The number of fused-ring (bicyclic) bond motifs is 1. The molecule has 0 aliphatic carbocycles. The van der Waals surface area contributed by atoms with Gasteiger partial charge in [0.25, 0.3) is 0 Å². The monoisotopic (exact) mass is 268 g/mol. The Kier molecular flexibility index (Phi) is 3.49. The van der Waals surface area contributed by atoms with Gasteiger partial charge in [-0.3, -0.25) is 0 Å². The number of hydrogen-bond donors (Lipinski definition) is 1. The first kappa shape index (κ1) is 13.2. The van der Waals surface area contributed by atoms with Crippen LogP contribution in [0, 0.1) is 0 Å². The van der Waals surface area contributed by atoms with Crippen molar-refractivity contribution in [2.75, 3.05) is 6.61 Å². The molecular formula is C18H20O2. The van der Waals surface area contributed by atoms with Crippen LogP contribution in [0.4, 0.5) is 0 Å². The number of hydrogen-bond acceptors (Lipinski definition) is 2. The van der Waals surface area contributed by atoms with Crippen LogP contribution in [-0.4, -0.2) is 11.7 Å². The number of aliphatic hydroxyl groups is 1. The molecule has 1 unspecified atom stereocenters. The first-order valence-electron chi connectivity index (χ1n) is 7.18. The van der Waals surface area contributed by atoms with E-state index in [1.54, 1.807) is 0 Å². The highest BCUT2D eigenvalue weighted by Crippen LogP contribution is 2.29. The number of aryl methyl sites for hydroxylation is 1. The molecule has 0 fully saturated rings. The standard InChI is InChI=1S/C18H20O2/c1-18(19,16-5-3-2-4-6-16)11-9-14-7-8-17-15(13-14)10-12-20-17/h2-8,13,19H,9-12H2,1H3. The summed E-state index contributed by atoms with van der Waals surface area (Å²) in [7, 11) is 0. The molecule has 2 nitrogen and oxygen atoms in total. The average Bonchev–Trinajstić information content (AvgIpc) is 2.94. The molecule has 0 radical (unpaired) electrons. The second-order valence-corrected chi connectivity index (χ2v) is 5.68. The summed E-state index contributed by atoms with van der Waals surface area (Å²) in [5.41, 5.74) is 2.76. The lowest BCUT2D eigenvalue weighted by Gasteiger charge is -2.24. The molecule has 2 aromatic rings. The van der Waals surface area contributed by atoms with Crippen molar-refractivity contribution in [1.82, 2.24) is 0 Å². The zero-order chi connectivity index (χ0) is 14.0. The maximum atomic E-state index is 10.6. The summed E-state index contributed by atoms with van der Waals surface area (Å²) in [6.45, 7) is 2.68. The van der Waals surface area contributed by atoms with Gasteiger partial charge in [-0.1, -0.05) is 42.5 Å². The predicted octanol–water partition coefficient (Wildman–Crippen LogP) is 3.46. The predicted molar refractivity (Wildman–Crippen MR) is 80.0 cm³/mol. The summed E-state index contributed by atoms with van der Waals surface area (Å²) in [6, 6.07) is 16.2. The van der Waals surface area contributed by atoms with Crippen LogP contribution in [0.3, 0.4) is 0 Å². The van der Waals surface area contributed by atoms with Crippen molar-refractivity contribution < 1.29 is 9.84 Å². The van der Waals surface area contributed by atoms with Crippen molar-refractivity contribution in [2.45, 2.75) is 31.8 Å². The van der Waals surface area contributed by atoms with Gasteiger partial charge in [-0.25, -0.2) is 0 Å². The quantitative estimate of drug-likeness (QED) is 0.920. The van der Waals surface area contributed by atoms with Crippen molar-refractivity contribution in [3.05, 3.63) is 65.2 Å². The second-order valence-electron chi connectivity index (χ2n) is 5.68. The fourth-order valence-electron chi connectivity index (χ4n) is 2.72. The molecule has 1 atom stereocenters. The Balaban J connectivity index is 1.70. The zero-order valence-corrected chi connectivity index (χ0v) is 11.8. The van der Waals surface area contributed by atoms with Gasteiger partial charge < -0.3 is 9.84 Å². The maximum absolute atomic E-state index is 10.6. The minimum Gasteiger partial charge on any atom is -0.493 e. The van der Waals surface area contributed by atoms with Crippen molar-refractivity contribution in [1.29, 1.82) is 0 Å². The molecule has 1 aliphatic heterocycles. The molecule has 0 saturated heterocycles. The van der Waals surface area contributed by atoms with Crippen molar-refractivity contribution in [2.24, 2.45) is 0 Å². The molecule has 0 spiro atoms. The Labute approximate surface area is 120 Å². The smallest absolute Gasteiger partial charge is 0.122 e. The number of benzene rings is 2. The SMILES string of the molecule is CC(O)(CCc1ccc2c(c1)CCO2)c1ccccc1. The summed E-state index contributed by atoms with van der Waals surface area (Å²) in [4.78, 5) is 0. The van der Waals surface area contributed by atoms with E-state index < -0.39 is 5.60 Å². The Bertz CT molecular complexity index is 588. The van der Waals surface area contributed by atoms with Crippen molar-refractivity contribution in [3.8, 4) is 5.75 Å². The normalized spacial score (nSPS) is 16.3. The van der Waals surface area contributed by atoms with E-state index in [0.717, 1.165) is 37.2 Å². The highest BCUT2D eigenvalue weighted by molar-refractivity contribution is 5.40. The van der Waals surface area contributed by atoms with Gasteiger partial charge >= 0.3 is 0 Å². The Morgan fingerprint density at radius 2 is 1.95 bits per heavy atom. The van der Waals surface area contributed by atoms with Gasteiger partial charge in [-0.2, -0.15) is 0 Å². The Morgan fingerprint density at radius 3 is 2.75 bits per heavy atom. The number of ether oxygens (including phenoxy) is 1. The molecule has 1 N–H and O–H groups in total. The van der Waals surface area contributed by atoms with Gasteiger partial charge in [0.2, 0.25) is 0 Å². The topological polar surface area (TPSA) is 29.5 Å². The van der Waals surface area contributed by atoms with E-state index >= 15 is 0 Å². The van der Waals surface area contributed by atoms with E-state index in [1.165, 1.54) is 11.1 Å². The number of rotatable bonds is 4. The van der Waals surface area contributed by atoms with Crippen LogP contribution in [0.2, 0.25) is 0 Å². The molecule has 1 heterocycles. The van der Waals surface area contributed by atoms with Crippen LogP contribution in [0.5, 0.6) is 5.75 Å². The van der Waals surface area contributed by atoms with Crippen LogP contribution < -0.4 is 4.74 Å². The first-order valence-corrected chi connectivity index (χ1v) is 7.18. The minimum atomic E-state index is -0.781. The average molecular weight is 268 g/mol. The molecule has 0 amide bonds. The van der Waals surface area contributed by atoms with Gasteiger partial charge in [0, 0.05) is 6.42 Å². The maximum Gasteiger partial charge on any atom is 0.122 e. The van der Waals surface area contributed by atoms with E-state index in [4.69, 9.17) is 4.74 Å². The van der Waals surface area contributed by atoms with E-state index in [1.807, 2.05) is 37.3 Å².